The van der Waals surface area contributed by atoms with E-state index < -0.39 is 0 Å². The summed E-state index contributed by atoms with van der Waals surface area (Å²) in [6, 6.07) is 1.24. The van der Waals surface area contributed by atoms with Gasteiger partial charge in [0, 0.05) is 6.04 Å². The van der Waals surface area contributed by atoms with Crippen LogP contribution in [0.4, 0.5) is 0 Å². The highest BCUT2D eigenvalue weighted by Gasteiger charge is 2.31. The molecule has 0 radical (unpaired) electrons. The minimum atomic E-state index is 0.575. The SMILES string of the molecule is CSCCC1CN=C(N)N1C1CCCCCC1. The first-order chi connectivity index (χ1) is 8.33. The predicted molar refractivity (Wildman–Crippen MR) is 76.6 cm³/mol. The van der Waals surface area contributed by atoms with Crippen LogP contribution < -0.4 is 5.73 Å². The summed E-state index contributed by atoms with van der Waals surface area (Å²) in [6.45, 7) is 0.920. The van der Waals surface area contributed by atoms with Crippen LogP contribution in [0.25, 0.3) is 0 Å². The fourth-order valence-electron chi connectivity index (χ4n) is 3.06. The third kappa shape index (κ3) is 3.30. The van der Waals surface area contributed by atoms with Crippen LogP contribution in [0, 0.1) is 0 Å². The number of rotatable bonds is 4. The number of aliphatic imine (C=N–C) groups is 1. The molecule has 0 aromatic heterocycles. The monoisotopic (exact) mass is 255 g/mol. The Morgan fingerprint density at radius 3 is 2.65 bits per heavy atom. The van der Waals surface area contributed by atoms with Gasteiger partial charge in [-0.1, -0.05) is 25.7 Å². The Bertz CT molecular complexity index is 259. The second-order valence-corrected chi connectivity index (χ2v) is 6.17. The standard InChI is InChI=1S/C13H25N3S/c1-17-9-8-12-10-15-13(14)16(12)11-6-4-2-3-5-7-11/h11-12H,2-10H2,1H3,(H2,14,15). The van der Waals surface area contributed by atoms with Crippen LogP contribution in [0.2, 0.25) is 0 Å². The van der Waals surface area contributed by atoms with E-state index in [1.165, 1.54) is 50.7 Å². The molecule has 1 fully saturated rings. The molecular formula is C13H25N3S. The number of nitrogens with two attached hydrogens (primary N) is 1. The van der Waals surface area contributed by atoms with Crippen molar-refractivity contribution in [2.45, 2.75) is 57.0 Å². The summed E-state index contributed by atoms with van der Waals surface area (Å²) in [4.78, 5) is 6.91. The highest BCUT2D eigenvalue weighted by atomic mass is 32.2. The van der Waals surface area contributed by atoms with Gasteiger partial charge in [0.25, 0.3) is 0 Å². The molecule has 2 aliphatic rings. The summed E-state index contributed by atoms with van der Waals surface area (Å²) in [5.41, 5.74) is 6.09. The Kier molecular flexibility index (Phi) is 5.01. The molecule has 1 heterocycles. The third-order valence-electron chi connectivity index (χ3n) is 4.00. The quantitative estimate of drug-likeness (QED) is 0.785. The van der Waals surface area contributed by atoms with Crippen molar-refractivity contribution < 1.29 is 0 Å². The summed E-state index contributed by atoms with van der Waals surface area (Å²) < 4.78 is 0. The average Bonchev–Trinajstić information content (AvgIpc) is 2.57. The topological polar surface area (TPSA) is 41.6 Å². The maximum Gasteiger partial charge on any atom is 0.191 e. The van der Waals surface area contributed by atoms with Crippen molar-refractivity contribution in [3.8, 4) is 0 Å². The molecular weight excluding hydrogens is 230 g/mol. The Morgan fingerprint density at radius 1 is 1.29 bits per heavy atom. The molecule has 0 aromatic rings. The van der Waals surface area contributed by atoms with Gasteiger partial charge in [-0.05, 0) is 31.3 Å². The molecule has 0 aromatic carbocycles. The molecule has 1 atom stereocenters. The highest BCUT2D eigenvalue weighted by Crippen LogP contribution is 2.26. The molecule has 98 valence electrons. The minimum absolute atomic E-state index is 0.575. The molecule has 0 bridgehead atoms. The second kappa shape index (κ2) is 6.53. The van der Waals surface area contributed by atoms with Crippen molar-refractivity contribution in [1.82, 2.24) is 4.90 Å². The van der Waals surface area contributed by atoms with Crippen molar-refractivity contribution in [3.63, 3.8) is 0 Å². The van der Waals surface area contributed by atoms with E-state index in [-0.39, 0.29) is 0 Å². The molecule has 1 aliphatic heterocycles. The number of nitrogens with zero attached hydrogens (tertiary/aromatic N) is 2. The average molecular weight is 255 g/mol. The minimum Gasteiger partial charge on any atom is -0.370 e. The lowest BCUT2D eigenvalue weighted by atomic mass is 10.0. The van der Waals surface area contributed by atoms with Gasteiger partial charge in [0.1, 0.15) is 0 Å². The van der Waals surface area contributed by atoms with Crippen molar-refractivity contribution in [1.29, 1.82) is 0 Å². The summed E-state index contributed by atoms with van der Waals surface area (Å²) in [7, 11) is 0. The van der Waals surface area contributed by atoms with Gasteiger partial charge in [0.2, 0.25) is 0 Å². The summed E-state index contributed by atoms with van der Waals surface area (Å²) in [6.07, 6.45) is 11.6. The van der Waals surface area contributed by atoms with E-state index in [9.17, 15) is 0 Å². The zero-order valence-electron chi connectivity index (χ0n) is 10.9. The first kappa shape index (κ1) is 13.1. The number of hydrogen-bond donors (Lipinski definition) is 1. The van der Waals surface area contributed by atoms with E-state index >= 15 is 0 Å². The van der Waals surface area contributed by atoms with Gasteiger partial charge in [0.05, 0.1) is 12.6 Å². The van der Waals surface area contributed by atoms with Crippen molar-refractivity contribution in [3.05, 3.63) is 0 Å². The Hall–Kier alpha value is -0.380. The Balaban J connectivity index is 1.96. The largest absolute Gasteiger partial charge is 0.370 e. The van der Waals surface area contributed by atoms with Crippen LogP contribution in [-0.4, -0.2) is 41.5 Å². The normalized spacial score (nSPS) is 27.0. The van der Waals surface area contributed by atoms with Crippen LogP contribution in [0.5, 0.6) is 0 Å². The van der Waals surface area contributed by atoms with Gasteiger partial charge in [-0.15, -0.1) is 0 Å². The third-order valence-corrected chi connectivity index (χ3v) is 4.64. The molecule has 1 unspecified atom stereocenters. The van der Waals surface area contributed by atoms with Gasteiger partial charge in [0.15, 0.2) is 5.96 Å². The molecule has 1 saturated carbocycles. The molecule has 0 saturated heterocycles. The summed E-state index contributed by atoms with van der Waals surface area (Å²) >= 11 is 1.92. The molecule has 0 spiro atoms. The summed E-state index contributed by atoms with van der Waals surface area (Å²) in [5.74, 6) is 2.03. The summed E-state index contributed by atoms with van der Waals surface area (Å²) in [5, 5.41) is 0. The fourth-order valence-corrected chi connectivity index (χ4v) is 3.57. The zero-order valence-corrected chi connectivity index (χ0v) is 11.7. The van der Waals surface area contributed by atoms with E-state index in [4.69, 9.17) is 5.73 Å². The highest BCUT2D eigenvalue weighted by molar-refractivity contribution is 7.98. The maximum atomic E-state index is 6.09. The van der Waals surface area contributed by atoms with Crippen LogP contribution >= 0.6 is 11.8 Å². The molecule has 3 nitrogen and oxygen atoms in total. The molecule has 17 heavy (non-hydrogen) atoms. The molecule has 1 aliphatic carbocycles. The first-order valence-electron chi connectivity index (χ1n) is 6.90. The first-order valence-corrected chi connectivity index (χ1v) is 8.29. The van der Waals surface area contributed by atoms with E-state index in [1.54, 1.807) is 0 Å². The van der Waals surface area contributed by atoms with Crippen LogP contribution in [0.1, 0.15) is 44.9 Å². The van der Waals surface area contributed by atoms with Crippen molar-refractivity contribution in [2.24, 2.45) is 10.7 Å². The number of thioether (sulfide) groups is 1. The van der Waals surface area contributed by atoms with E-state index in [1.807, 2.05) is 11.8 Å². The van der Waals surface area contributed by atoms with Crippen LogP contribution in [0.15, 0.2) is 4.99 Å². The van der Waals surface area contributed by atoms with Crippen molar-refractivity contribution in [2.75, 3.05) is 18.6 Å². The van der Waals surface area contributed by atoms with E-state index in [0.29, 0.717) is 12.1 Å². The Labute approximate surface area is 109 Å². The van der Waals surface area contributed by atoms with Crippen molar-refractivity contribution >= 4 is 17.7 Å². The lowest BCUT2D eigenvalue weighted by Gasteiger charge is -2.34. The molecule has 4 heteroatoms. The zero-order chi connectivity index (χ0) is 12.1. The Morgan fingerprint density at radius 2 is 2.00 bits per heavy atom. The van der Waals surface area contributed by atoms with Gasteiger partial charge >= 0.3 is 0 Å². The van der Waals surface area contributed by atoms with E-state index in [2.05, 4.69) is 16.1 Å². The lowest BCUT2D eigenvalue weighted by Crippen LogP contribution is -2.47. The van der Waals surface area contributed by atoms with Gasteiger partial charge in [-0.25, -0.2) is 0 Å². The molecule has 2 rings (SSSR count). The van der Waals surface area contributed by atoms with Gasteiger partial charge in [-0.2, -0.15) is 11.8 Å². The molecule has 0 amide bonds. The smallest absolute Gasteiger partial charge is 0.191 e. The number of hydrogen-bond acceptors (Lipinski definition) is 4. The van der Waals surface area contributed by atoms with E-state index in [0.717, 1.165) is 12.5 Å². The predicted octanol–water partition coefficient (Wildman–Crippen LogP) is 2.46. The van der Waals surface area contributed by atoms with Gasteiger partial charge in [-0.3, -0.25) is 4.99 Å². The maximum absolute atomic E-state index is 6.09. The number of guanidine groups is 1. The fraction of sp³-hybridized carbons (Fsp3) is 0.923. The van der Waals surface area contributed by atoms with Gasteiger partial charge < -0.3 is 10.6 Å². The second-order valence-electron chi connectivity index (χ2n) is 5.19. The molecule has 2 N–H and O–H groups in total. The lowest BCUT2D eigenvalue weighted by molar-refractivity contribution is 0.231. The van der Waals surface area contributed by atoms with Crippen LogP contribution in [-0.2, 0) is 0 Å². The van der Waals surface area contributed by atoms with Crippen LogP contribution in [0.3, 0.4) is 0 Å².